The lowest BCUT2D eigenvalue weighted by molar-refractivity contribution is -0.126. The van der Waals surface area contributed by atoms with Crippen molar-refractivity contribution in [2.24, 2.45) is 0 Å². The third kappa shape index (κ3) is 4.36. The Morgan fingerprint density at radius 1 is 1.21 bits per heavy atom. The predicted molar refractivity (Wildman–Crippen MR) is 147 cm³/mol. The highest BCUT2D eigenvalue weighted by Gasteiger charge is 2.30. The van der Waals surface area contributed by atoms with Gasteiger partial charge in [-0.15, -0.1) is 0 Å². The normalized spacial score (nSPS) is 15.9. The van der Waals surface area contributed by atoms with E-state index in [4.69, 9.17) is 11.6 Å². The lowest BCUT2D eigenvalue weighted by Crippen LogP contribution is -2.54. The van der Waals surface area contributed by atoms with Gasteiger partial charge < -0.3 is 14.4 Å². The average Bonchev–Trinajstić information content (AvgIpc) is 3.38. The van der Waals surface area contributed by atoms with Crippen LogP contribution < -0.4 is 10.6 Å². The number of aromatic nitrogens is 4. The van der Waals surface area contributed by atoms with Crippen molar-refractivity contribution in [3.8, 4) is 17.1 Å². The first-order valence-corrected chi connectivity index (χ1v) is 12.8. The van der Waals surface area contributed by atoms with Gasteiger partial charge in [0.2, 0.25) is 11.9 Å². The van der Waals surface area contributed by atoms with E-state index in [2.05, 4.69) is 16.5 Å². The predicted octanol–water partition coefficient (Wildman–Crippen LogP) is 4.85. The summed E-state index contributed by atoms with van der Waals surface area (Å²) in [5.41, 5.74) is 0.778. The number of hydrogen-bond acceptors (Lipinski definition) is 5. The molecular formula is C28H28ClFN6O2. The highest BCUT2D eigenvalue weighted by molar-refractivity contribution is 6.34. The number of rotatable bonds is 5. The molecule has 196 valence electrons. The van der Waals surface area contributed by atoms with E-state index in [1.165, 1.54) is 16.7 Å². The summed E-state index contributed by atoms with van der Waals surface area (Å²) in [6, 6.07) is 9.74. The number of benzene rings is 2. The second-order valence-corrected chi connectivity index (χ2v) is 10.0. The number of nitrogens with zero attached hydrogens (tertiary/aromatic N) is 6. The smallest absolute Gasteiger partial charge is 0.350 e. The summed E-state index contributed by atoms with van der Waals surface area (Å²) in [5.74, 6) is 0.314. The van der Waals surface area contributed by atoms with Crippen LogP contribution in [0.5, 0.6) is 0 Å². The molecule has 0 aliphatic carbocycles. The molecule has 1 aliphatic rings. The summed E-state index contributed by atoms with van der Waals surface area (Å²) in [7, 11) is 0. The van der Waals surface area contributed by atoms with Gasteiger partial charge in [0.15, 0.2) is 0 Å². The maximum atomic E-state index is 14.8. The number of carbonyl (C=O) groups excluding carboxylic acids is 1. The van der Waals surface area contributed by atoms with Crippen molar-refractivity contribution in [2.75, 3.05) is 24.5 Å². The maximum Gasteiger partial charge on any atom is 0.357 e. The molecular weight excluding hydrogens is 507 g/mol. The van der Waals surface area contributed by atoms with Gasteiger partial charge in [-0.2, -0.15) is 4.98 Å². The molecule has 0 bridgehead atoms. The van der Waals surface area contributed by atoms with Crippen molar-refractivity contribution in [3.63, 3.8) is 0 Å². The van der Waals surface area contributed by atoms with Crippen LogP contribution in [0.3, 0.4) is 0 Å². The van der Waals surface area contributed by atoms with Gasteiger partial charge in [-0.1, -0.05) is 36.4 Å². The van der Waals surface area contributed by atoms with Gasteiger partial charge >= 0.3 is 5.69 Å². The van der Waals surface area contributed by atoms with Crippen molar-refractivity contribution in [3.05, 3.63) is 82.8 Å². The van der Waals surface area contributed by atoms with E-state index in [1.807, 2.05) is 30.2 Å². The quantitative estimate of drug-likeness (QED) is 0.342. The highest BCUT2D eigenvalue weighted by atomic mass is 35.5. The molecule has 10 heteroatoms. The Morgan fingerprint density at radius 2 is 1.97 bits per heavy atom. The van der Waals surface area contributed by atoms with Gasteiger partial charge in [-0.05, 0) is 45.0 Å². The van der Waals surface area contributed by atoms with Gasteiger partial charge in [0.25, 0.3) is 0 Å². The van der Waals surface area contributed by atoms with Crippen LogP contribution >= 0.6 is 11.6 Å². The van der Waals surface area contributed by atoms with E-state index in [-0.39, 0.29) is 18.0 Å². The lowest BCUT2D eigenvalue weighted by Gasteiger charge is -2.40. The van der Waals surface area contributed by atoms with Crippen LogP contribution in [-0.4, -0.2) is 55.6 Å². The van der Waals surface area contributed by atoms with Gasteiger partial charge in [0.1, 0.15) is 11.6 Å². The van der Waals surface area contributed by atoms with Gasteiger partial charge in [0, 0.05) is 65.6 Å². The first-order valence-electron chi connectivity index (χ1n) is 12.4. The summed E-state index contributed by atoms with van der Waals surface area (Å²) < 4.78 is 18.2. The van der Waals surface area contributed by atoms with Crippen LogP contribution in [-0.2, 0) is 4.79 Å². The molecule has 1 atom stereocenters. The van der Waals surface area contributed by atoms with Crippen LogP contribution in [0, 0.1) is 5.82 Å². The molecule has 1 fully saturated rings. The minimum Gasteiger partial charge on any atom is -0.350 e. The summed E-state index contributed by atoms with van der Waals surface area (Å²) in [6.45, 7) is 10.9. The van der Waals surface area contributed by atoms with Gasteiger partial charge in [-0.3, -0.25) is 4.79 Å². The highest BCUT2D eigenvalue weighted by Crippen LogP contribution is 2.37. The average molecular weight is 535 g/mol. The van der Waals surface area contributed by atoms with Crippen LogP contribution in [0.4, 0.5) is 10.2 Å². The molecule has 5 rings (SSSR count). The fourth-order valence-corrected chi connectivity index (χ4v) is 5.28. The Bertz CT molecular complexity index is 1610. The number of amides is 1. The molecule has 0 N–H and O–H groups in total. The third-order valence-corrected chi connectivity index (χ3v) is 7.23. The molecule has 0 spiro atoms. The topological polar surface area (TPSA) is 76.3 Å². The summed E-state index contributed by atoms with van der Waals surface area (Å²) in [6.07, 6.45) is 4.74. The van der Waals surface area contributed by atoms with E-state index in [9.17, 15) is 14.0 Å². The molecule has 1 aliphatic heterocycles. The minimum atomic E-state index is -0.515. The zero-order chi connectivity index (χ0) is 27.1. The van der Waals surface area contributed by atoms with Crippen molar-refractivity contribution >= 4 is 34.2 Å². The Morgan fingerprint density at radius 3 is 2.66 bits per heavy atom. The maximum absolute atomic E-state index is 14.8. The van der Waals surface area contributed by atoms with Crippen molar-refractivity contribution in [1.29, 1.82) is 0 Å². The standard InChI is InChI=1S/C28H28ClFN6O2/c1-5-25(37)33-12-13-35(18(4)16-33)26-21-14-22(29)20(19-8-6-7-9-23(19)30)15-24(21)36(28(38)32-26)27-31-10-11-34(27)17(2)3/h5-11,14-15,17-18H,1,12-13,16H2,2-4H3/t18-/m0/s1. The molecule has 38 heavy (non-hydrogen) atoms. The molecule has 2 aromatic carbocycles. The Labute approximate surface area is 224 Å². The van der Waals surface area contributed by atoms with E-state index in [0.29, 0.717) is 58.5 Å². The van der Waals surface area contributed by atoms with E-state index >= 15 is 0 Å². The number of piperazine rings is 1. The van der Waals surface area contributed by atoms with E-state index < -0.39 is 11.5 Å². The largest absolute Gasteiger partial charge is 0.357 e. The molecule has 0 saturated carbocycles. The van der Waals surface area contributed by atoms with Gasteiger partial charge in [0.05, 0.1) is 5.52 Å². The first-order chi connectivity index (χ1) is 18.2. The number of hydrogen-bond donors (Lipinski definition) is 0. The molecule has 4 aromatic rings. The summed E-state index contributed by atoms with van der Waals surface area (Å²) >= 11 is 6.75. The summed E-state index contributed by atoms with van der Waals surface area (Å²) in [5, 5.41) is 0.958. The second kappa shape index (κ2) is 10.1. The zero-order valence-electron chi connectivity index (χ0n) is 21.4. The Balaban J connectivity index is 1.76. The van der Waals surface area contributed by atoms with E-state index in [1.54, 1.807) is 47.6 Å². The fraction of sp³-hybridized carbons (Fsp3) is 0.286. The molecule has 0 radical (unpaired) electrons. The molecule has 0 unspecified atom stereocenters. The van der Waals surface area contributed by atoms with E-state index in [0.717, 1.165) is 0 Å². The number of anilines is 1. The lowest BCUT2D eigenvalue weighted by atomic mass is 10.0. The Kier molecular flexibility index (Phi) is 6.79. The van der Waals surface area contributed by atoms with Crippen LogP contribution in [0.2, 0.25) is 5.02 Å². The Hall–Kier alpha value is -3.98. The molecule has 3 heterocycles. The van der Waals surface area contributed by atoms with Crippen molar-refractivity contribution in [1.82, 2.24) is 24.0 Å². The van der Waals surface area contributed by atoms with Gasteiger partial charge in [-0.25, -0.2) is 18.7 Å². The first kappa shape index (κ1) is 25.7. The minimum absolute atomic E-state index is 0.0305. The van der Waals surface area contributed by atoms with Crippen molar-refractivity contribution < 1.29 is 9.18 Å². The SMILES string of the molecule is C=CC(=O)N1CCN(c2nc(=O)n(-c3nccn3C(C)C)c3cc(-c4ccccc4F)c(Cl)cc23)[C@@H](C)C1. The molecule has 8 nitrogen and oxygen atoms in total. The van der Waals surface area contributed by atoms with Crippen LogP contribution in [0.1, 0.15) is 26.8 Å². The summed E-state index contributed by atoms with van der Waals surface area (Å²) in [4.78, 5) is 38.6. The third-order valence-electron chi connectivity index (χ3n) is 6.91. The number of fused-ring (bicyclic) bond motifs is 1. The number of halogens is 2. The van der Waals surface area contributed by atoms with Crippen LogP contribution in [0.15, 0.2) is 66.2 Å². The number of imidazole rings is 1. The number of carbonyl (C=O) groups is 1. The fourth-order valence-electron chi connectivity index (χ4n) is 5.01. The van der Waals surface area contributed by atoms with Crippen molar-refractivity contribution in [2.45, 2.75) is 32.9 Å². The van der Waals surface area contributed by atoms with Crippen LogP contribution in [0.25, 0.3) is 28.0 Å². The molecule has 2 aromatic heterocycles. The second-order valence-electron chi connectivity index (χ2n) is 9.64. The monoisotopic (exact) mass is 534 g/mol. The molecule has 1 amide bonds. The molecule has 1 saturated heterocycles. The zero-order valence-corrected chi connectivity index (χ0v) is 22.2.